The van der Waals surface area contributed by atoms with Crippen LogP contribution in [0.15, 0.2) is 60.7 Å². The first kappa shape index (κ1) is 23.0. The second-order valence-corrected chi connectivity index (χ2v) is 6.93. The largest absolute Gasteiger partial charge is 0.459 e. The molecule has 32 heavy (non-hydrogen) atoms. The molecule has 0 amide bonds. The molecule has 0 unspecified atom stereocenters. The molecule has 1 aliphatic heterocycles. The fourth-order valence-electron chi connectivity index (χ4n) is 3.12. The van der Waals surface area contributed by atoms with Crippen LogP contribution < -0.4 is 0 Å². The number of rotatable bonds is 7. The lowest BCUT2D eigenvalue weighted by Gasteiger charge is -2.23. The maximum Gasteiger partial charge on any atom is 0.338 e. The van der Waals surface area contributed by atoms with Gasteiger partial charge < -0.3 is 23.7 Å². The number of hydrogen-bond acceptors (Lipinski definition) is 9. The fraction of sp³-hybridized carbons (Fsp3) is 0.304. The number of ether oxygens (including phenoxy) is 5. The Labute approximate surface area is 184 Å². The molecule has 0 spiro atoms. The van der Waals surface area contributed by atoms with Crippen LogP contribution in [0.4, 0.5) is 0 Å². The number of esters is 4. The lowest BCUT2D eigenvalue weighted by molar-refractivity contribution is -0.196. The van der Waals surface area contributed by atoms with E-state index in [1.165, 1.54) is 0 Å². The summed E-state index contributed by atoms with van der Waals surface area (Å²) in [6.07, 6.45) is -4.83. The van der Waals surface area contributed by atoms with E-state index in [-0.39, 0.29) is 12.2 Å². The van der Waals surface area contributed by atoms with Gasteiger partial charge in [-0.1, -0.05) is 36.4 Å². The van der Waals surface area contributed by atoms with E-state index in [1.54, 1.807) is 60.7 Å². The first-order valence-corrected chi connectivity index (χ1v) is 9.83. The lowest BCUT2D eigenvalue weighted by atomic mass is 10.1. The van der Waals surface area contributed by atoms with E-state index < -0.39 is 48.5 Å². The molecule has 1 saturated heterocycles. The van der Waals surface area contributed by atoms with Gasteiger partial charge in [0.1, 0.15) is 12.7 Å². The minimum Gasteiger partial charge on any atom is -0.459 e. The van der Waals surface area contributed by atoms with Gasteiger partial charge in [-0.15, -0.1) is 0 Å². The van der Waals surface area contributed by atoms with Crippen molar-refractivity contribution in [3.8, 4) is 0 Å². The molecule has 0 aliphatic carbocycles. The Morgan fingerprint density at radius 1 is 0.719 bits per heavy atom. The van der Waals surface area contributed by atoms with Gasteiger partial charge in [-0.05, 0) is 24.3 Å². The monoisotopic (exact) mass is 442 g/mol. The zero-order chi connectivity index (χ0) is 23.1. The van der Waals surface area contributed by atoms with Gasteiger partial charge in [0.15, 0.2) is 6.10 Å². The van der Waals surface area contributed by atoms with Gasteiger partial charge in [-0.3, -0.25) is 9.59 Å². The molecule has 4 atom stereocenters. The van der Waals surface area contributed by atoms with E-state index in [0.29, 0.717) is 5.56 Å². The Hall–Kier alpha value is -3.72. The Bertz CT molecular complexity index is 958. The van der Waals surface area contributed by atoms with Crippen molar-refractivity contribution >= 4 is 23.9 Å². The predicted octanol–water partition coefficient (Wildman–Crippen LogP) is 2.29. The molecule has 0 saturated carbocycles. The standard InChI is InChI=1S/C23H22O9/c1-14(24)29-20-19(32-22(27)17-11-7-4-8-12-17)18(31-23(20)30-15(2)25)13-28-21(26)16-9-5-3-6-10-16/h3-12,18-20,23H,13H2,1-2H3/t18-,19+,20-,23-/m0/s1. The zero-order valence-electron chi connectivity index (χ0n) is 17.5. The number of hydrogen-bond donors (Lipinski definition) is 0. The van der Waals surface area contributed by atoms with Crippen LogP contribution in [0.2, 0.25) is 0 Å². The highest BCUT2D eigenvalue weighted by atomic mass is 16.8. The molecule has 2 aromatic rings. The maximum absolute atomic E-state index is 12.6. The van der Waals surface area contributed by atoms with Crippen molar-refractivity contribution < 1.29 is 42.9 Å². The van der Waals surface area contributed by atoms with E-state index in [2.05, 4.69) is 0 Å². The normalized spacial score (nSPS) is 21.9. The molecule has 1 aliphatic rings. The molecule has 0 N–H and O–H groups in total. The summed E-state index contributed by atoms with van der Waals surface area (Å²) in [5.74, 6) is -2.72. The van der Waals surface area contributed by atoms with Crippen molar-refractivity contribution in [3.05, 3.63) is 71.8 Å². The number of carbonyl (C=O) groups excluding carboxylic acids is 4. The molecule has 3 rings (SSSR count). The second kappa shape index (κ2) is 10.5. The summed E-state index contributed by atoms with van der Waals surface area (Å²) in [5, 5.41) is 0. The SMILES string of the molecule is CC(=O)O[C@H]1O[C@@H](COC(=O)c2ccccc2)[C@@H](OC(=O)c2ccccc2)[C@@H]1OC(C)=O. The van der Waals surface area contributed by atoms with Crippen molar-refractivity contribution in [1.29, 1.82) is 0 Å². The van der Waals surface area contributed by atoms with E-state index in [4.69, 9.17) is 23.7 Å². The van der Waals surface area contributed by atoms with Crippen LogP contribution in [0.3, 0.4) is 0 Å². The van der Waals surface area contributed by atoms with Crippen LogP contribution in [0.5, 0.6) is 0 Å². The van der Waals surface area contributed by atoms with E-state index in [1.807, 2.05) is 0 Å². The van der Waals surface area contributed by atoms with Crippen LogP contribution in [-0.2, 0) is 33.3 Å². The molecule has 0 radical (unpaired) electrons. The van der Waals surface area contributed by atoms with Gasteiger partial charge in [0.2, 0.25) is 12.4 Å². The molecule has 2 aromatic carbocycles. The molecular weight excluding hydrogens is 420 g/mol. The molecule has 9 nitrogen and oxygen atoms in total. The molecule has 0 bridgehead atoms. The average molecular weight is 442 g/mol. The summed E-state index contributed by atoms with van der Waals surface area (Å²) < 4.78 is 26.8. The average Bonchev–Trinajstić information content (AvgIpc) is 3.08. The third kappa shape index (κ3) is 5.92. The third-order valence-corrected chi connectivity index (χ3v) is 4.49. The van der Waals surface area contributed by atoms with Crippen molar-refractivity contribution in [1.82, 2.24) is 0 Å². The smallest absolute Gasteiger partial charge is 0.338 e. The van der Waals surface area contributed by atoms with Crippen LogP contribution in [0.25, 0.3) is 0 Å². The summed E-state index contributed by atoms with van der Waals surface area (Å²) in [4.78, 5) is 48.1. The molecule has 0 aromatic heterocycles. The third-order valence-electron chi connectivity index (χ3n) is 4.49. The summed E-state index contributed by atoms with van der Waals surface area (Å²) in [5.41, 5.74) is 0.571. The summed E-state index contributed by atoms with van der Waals surface area (Å²) >= 11 is 0. The van der Waals surface area contributed by atoms with Crippen molar-refractivity contribution in [3.63, 3.8) is 0 Å². The Morgan fingerprint density at radius 3 is 1.78 bits per heavy atom. The minimum atomic E-state index is -1.34. The highest BCUT2D eigenvalue weighted by molar-refractivity contribution is 5.90. The Morgan fingerprint density at radius 2 is 1.25 bits per heavy atom. The first-order chi connectivity index (χ1) is 15.3. The topological polar surface area (TPSA) is 114 Å². The predicted molar refractivity (Wildman–Crippen MR) is 108 cm³/mol. The molecule has 168 valence electrons. The quantitative estimate of drug-likeness (QED) is 0.470. The second-order valence-electron chi connectivity index (χ2n) is 6.93. The lowest BCUT2D eigenvalue weighted by Crippen LogP contribution is -2.42. The molecule has 1 fully saturated rings. The highest BCUT2D eigenvalue weighted by Gasteiger charge is 2.51. The van der Waals surface area contributed by atoms with Gasteiger partial charge >= 0.3 is 23.9 Å². The van der Waals surface area contributed by atoms with E-state index in [9.17, 15) is 19.2 Å². The molecule has 1 heterocycles. The summed E-state index contributed by atoms with van der Waals surface area (Å²) in [6.45, 7) is 1.97. The summed E-state index contributed by atoms with van der Waals surface area (Å²) in [6, 6.07) is 16.4. The van der Waals surface area contributed by atoms with Crippen LogP contribution in [0, 0.1) is 0 Å². The van der Waals surface area contributed by atoms with Gasteiger partial charge in [0.05, 0.1) is 11.1 Å². The van der Waals surface area contributed by atoms with E-state index >= 15 is 0 Å². The van der Waals surface area contributed by atoms with Crippen molar-refractivity contribution in [2.45, 2.75) is 38.4 Å². The first-order valence-electron chi connectivity index (χ1n) is 9.83. The van der Waals surface area contributed by atoms with Gasteiger partial charge in [-0.25, -0.2) is 9.59 Å². The van der Waals surface area contributed by atoms with Crippen molar-refractivity contribution in [2.75, 3.05) is 6.61 Å². The molecule has 9 heteroatoms. The van der Waals surface area contributed by atoms with E-state index in [0.717, 1.165) is 13.8 Å². The van der Waals surface area contributed by atoms with Crippen LogP contribution in [-0.4, -0.2) is 55.1 Å². The Balaban J connectivity index is 1.80. The zero-order valence-corrected chi connectivity index (χ0v) is 17.5. The fourth-order valence-corrected chi connectivity index (χ4v) is 3.12. The highest BCUT2D eigenvalue weighted by Crippen LogP contribution is 2.29. The Kier molecular flexibility index (Phi) is 7.56. The maximum atomic E-state index is 12.6. The van der Waals surface area contributed by atoms with Gasteiger partial charge in [0.25, 0.3) is 0 Å². The van der Waals surface area contributed by atoms with Crippen LogP contribution >= 0.6 is 0 Å². The number of carbonyl (C=O) groups is 4. The van der Waals surface area contributed by atoms with Gasteiger partial charge in [-0.2, -0.15) is 0 Å². The molecular formula is C23H22O9. The minimum absolute atomic E-state index is 0.255. The van der Waals surface area contributed by atoms with Crippen LogP contribution in [0.1, 0.15) is 34.6 Å². The number of benzene rings is 2. The van der Waals surface area contributed by atoms with Gasteiger partial charge in [0, 0.05) is 13.8 Å². The summed E-state index contributed by atoms with van der Waals surface area (Å²) in [7, 11) is 0. The van der Waals surface area contributed by atoms with Crippen molar-refractivity contribution in [2.24, 2.45) is 0 Å².